The number of nitrogens with one attached hydrogen (secondary N) is 4. The van der Waals surface area contributed by atoms with Gasteiger partial charge in [-0.15, -0.1) is 0 Å². The summed E-state index contributed by atoms with van der Waals surface area (Å²) < 4.78 is 11.9. The standard InChI is InChI=1S/C34H40N6O8/c1-18(2)27(31(44)36-19(3)32(45)47-7)39-30(43)23(37-33(46)48-34(4,5)6)16-21-20-12-8-9-13-24(20)40(25-14-10-11-15-35-25)28(21)22-17-26(41)38-29(22)42/h8-15,17-19,23,27H,16H2,1-7H3,(H,36,44)(H,37,46)(H,39,43)(H,38,41,42)/t19-,23-,27-/m0/s1. The zero-order valence-electron chi connectivity index (χ0n) is 27.9. The predicted molar refractivity (Wildman–Crippen MR) is 175 cm³/mol. The van der Waals surface area contributed by atoms with Crippen molar-refractivity contribution in [1.82, 2.24) is 30.8 Å². The molecule has 0 bridgehead atoms. The van der Waals surface area contributed by atoms with E-state index in [1.54, 1.807) is 81.8 Å². The molecule has 3 heterocycles. The van der Waals surface area contributed by atoms with Crippen LogP contribution in [0.5, 0.6) is 0 Å². The maximum atomic E-state index is 14.1. The molecule has 0 aliphatic carbocycles. The molecule has 2 aromatic heterocycles. The number of hydrogen-bond acceptors (Lipinski definition) is 9. The van der Waals surface area contributed by atoms with Gasteiger partial charge in [-0.25, -0.2) is 14.6 Å². The van der Waals surface area contributed by atoms with Crippen LogP contribution in [0.2, 0.25) is 0 Å². The highest BCUT2D eigenvalue weighted by Crippen LogP contribution is 2.35. The van der Waals surface area contributed by atoms with Gasteiger partial charge in [0.2, 0.25) is 11.8 Å². The zero-order valence-corrected chi connectivity index (χ0v) is 27.9. The number of methoxy groups -OCH3 is 1. The van der Waals surface area contributed by atoms with E-state index in [0.29, 0.717) is 28.0 Å². The molecule has 0 saturated carbocycles. The van der Waals surface area contributed by atoms with Crippen molar-refractivity contribution >= 4 is 52.2 Å². The smallest absolute Gasteiger partial charge is 0.408 e. The summed E-state index contributed by atoms with van der Waals surface area (Å²) in [5.74, 6) is -3.26. The molecule has 1 aromatic carbocycles. The van der Waals surface area contributed by atoms with E-state index in [4.69, 9.17) is 9.47 Å². The van der Waals surface area contributed by atoms with Crippen LogP contribution in [0.4, 0.5) is 4.79 Å². The number of benzene rings is 1. The molecule has 0 spiro atoms. The number of carbonyl (C=O) groups is 6. The Kier molecular flexibility index (Phi) is 10.7. The third kappa shape index (κ3) is 8.06. The highest BCUT2D eigenvalue weighted by molar-refractivity contribution is 6.34. The van der Waals surface area contributed by atoms with Crippen LogP contribution in [0.3, 0.4) is 0 Å². The van der Waals surface area contributed by atoms with Crippen LogP contribution in [0.1, 0.15) is 52.8 Å². The third-order valence-electron chi connectivity index (χ3n) is 7.45. The SMILES string of the molecule is COC(=O)[C@H](C)NC(=O)[C@@H](NC(=O)[C@H](Cc1c(C2=CC(=O)NC2=O)n(-c2ccccn2)c2ccccc12)NC(=O)OC(C)(C)C)C(C)C. The van der Waals surface area contributed by atoms with Gasteiger partial charge in [0.05, 0.1) is 23.9 Å². The number of amides is 5. The highest BCUT2D eigenvalue weighted by atomic mass is 16.6. The number of para-hydroxylation sites is 1. The molecule has 14 heteroatoms. The lowest BCUT2D eigenvalue weighted by Gasteiger charge is -2.27. The van der Waals surface area contributed by atoms with Crippen molar-refractivity contribution in [3.63, 3.8) is 0 Å². The van der Waals surface area contributed by atoms with E-state index in [1.165, 1.54) is 20.1 Å². The minimum Gasteiger partial charge on any atom is -0.467 e. The molecule has 254 valence electrons. The number of carbonyl (C=O) groups excluding carboxylic acids is 6. The second-order valence-electron chi connectivity index (χ2n) is 12.6. The summed E-state index contributed by atoms with van der Waals surface area (Å²) in [4.78, 5) is 82.4. The molecular formula is C34H40N6O8. The molecule has 3 atom stereocenters. The molecule has 5 amide bonds. The van der Waals surface area contributed by atoms with Crippen LogP contribution in [0, 0.1) is 5.92 Å². The largest absolute Gasteiger partial charge is 0.467 e. The number of ether oxygens (including phenoxy) is 2. The number of esters is 1. The van der Waals surface area contributed by atoms with Crippen molar-refractivity contribution in [3.8, 4) is 5.82 Å². The highest BCUT2D eigenvalue weighted by Gasteiger charge is 2.35. The van der Waals surface area contributed by atoms with Gasteiger partial charge in [0, 0.05) is 24.1 Å². The molecule has 0 radical (unpaired) electrons. The van der Waals surface area contributed by atoms with Crippen LogP contribution < -0.4 is 21.3 Å². The van der Waals surface area contributed by atoms with Gasteiger partial charge in [-0.1, -0.05) is 38.1 Å². The Balaban J connectivity index is 1.84. The molecule has 4 N–H and O–H groups in total. The molecule has 1 aliphatic rings. The molecule has 0 unspecified atom stereocenters. The molecule has 1 aliphatic heterocycles. The summed E-state index contributed by atoms with van der Waals surface area (Å²) >= 11 is 0. The van der Waals surface area contributed by atoms with Crippen molar-refractivity contribution in [2.45, 2.75) is 71.7 Å². The zero-order chi connectivity index (χ0) is 35.3. The number of alkyl carbamates (subject to hydrolysis) is 1. The molecule has 48 heavy (non-hydrogen) atoms. The van der Waals surface area contributed by atoms with Crippen LogP contribution in [0.25, 0.3) is 22.3 Å². The van der Waals surface area contributed by atoms with Crippen molar-refractivity contribution in [2.75, 3.05) is 7.11 Å². The lowest BCUT2D eigenvalue weighted by molar-refractivity contribution is -0.145. The maximum Gasteiger partial charge on any atom is 0.408 e. The predicted octanol–water partition coefficient (Wildman–Crippen LogP) is 2.32. The Bertz CT molecular complexity index is 1770. The summed E-state index contributed by atoms with van der Waals surface area (Å²) in [7, 11) is 1.19. The molecule has 4 rings (SSSR count). The first-order valence-electron chi connectivity index (χ1n) is 15.4. The number of nitrogens with zero attached hydrogens (tertiary/aromatic N) is 2. The first-order chi connectivity index (χ1) is 22.6. The summed E-state index contributed by atoms with van der Waals surface area (Å²) in [6.07, 6.45) is 1.68. The first kappa shape index (κ1) is 35.3. The lowest BCUT2D eigenvalue weighted by Crippen LogP contribution is -2.57. The van der Waals surface area contributed by atoms with Crippen LogP contribution in [0.15, 0.2) is 54.7 Å². The van der Waals surface area contributed by atoms with E-state index in [9.17, 15) is 28.8 Å². The van der Waals surface area contributed by atoms with Crippen LogP contribution >= 0.6 is 0 Å². The van der Waals surface area contributed by atoms with E-state index in [2.05, 4.69) is 26.3 Å². The molecule has 14 nitrogen and oxygen atoms in total. The van der Waals surface area contributed by atoms with Crippen molar-refractivity contribution < 1.29 is 38.2 Å². The fourth-order valence-electron chi connectivity index (χ4n) is 5.30. The quantitative estimate of drug-likeness (QED) is 0.177. The number of imide groups is 1. The Morgan fingerprint density at radius 1 is 0.938 bits per heavy atom. The lowest BCUT2D eigenvalue weighted by atomic mass is 9.97. The number of pyridine rings is 1. The summed E-state index contributed by atoms with van der Waals surface area (Å²) in [6, 6.07) is 9.00. The average Bonchev–Trinajstić information content (AvgIpc) is 3.52. The number of rotatable bonds is 11. The fraction of sp³-hybridized carbons (Fsp3) is 0.382. The number of aromatic nitrogens is 2. The van der Waals surface area contributed by atoms with Crippen molar-refractivity contribution in [3.05, 3.63) is 66.0 Å². The second-order valence-corrected chi connectivity index (χ2v) is 12.6. The van der Waals surface area contributed by atoms with Crippen LogP contribution in [-0.2, 0) is 39.9 Å². The Hall–Kier alpha value is -5.53. The van der Waals surface area contributed by atoms with Crippen LogP contribution in [-0.4, -0.2) is 76.1 Å². The Morgan fingerprint density at radius 2 is 1.62 bits per heavy atom. The second kappa shape index (κ2) is 14.5. The first-order valence-corrected chi connectivity index (χ1v) is 15.4. The number of hydrogen-bond donors (Lipinski definition) is 4. The van der Waals surface area contributed by atoms with E-state index in [-0.39, 0.29) is 12.0 Å². The van der Waals surface area contributed by atoms with Crippen molar-refractivity contribution in [1.29, 1.82) is 0 Å². The summed E-state index contributed by atoms with van der Waals surface area (Å²) in [5, 5.41) is 10.8. The van der Waals surface area contributed by atoms with Gasteiger partial charge in [-0.3, -0.25) is 29.1 Å². The topological polar surface area (TPSA) is 187 Å². The van der Waals surface area contributed by atoms with E-state index >= 15 is 0 Å². The molecular weight excluding hydrogens is 620 g/mol. The van der Waals surface area contributed by atoms with Gasteiger partial charge in [0.15, 0.2) is 0 Å². The van der Waals surface area contributed by atoms with Gasteiger partial charge in [0.1, 0.15) is 29.5 Å². The molecule has 3 aromatic rings. The van der Waals surface area contributed by atoms with Crippen molar-refractivity contribution in [2.24, 2.45) is 5.92 Å². The van der Waals surface area contributed by atoms with Gasteiger partial charge < -0.3 is 25.4 Å². The van der Waals surface area contributed by atoms with E-state index in [1.807, 2.05) is 6.07 Å². The maximum absolute atomic E-state index is 14.1. The summed E-state index contributed by atoms with van der Waals surface area (Å²) in [6.45, 7) is 9.89. The van der Waals surface area contributed by atoms with E-state index in [0.717, 1.165) is 0 Å². The molecule has 0 fully saturated rings. The van der Waals surface area contributed by atoms with Gasteiger partial charge in [-0.05, 0) is 57.4 Å². The van der Waals surface area contributed by atoms with Gasteiger partial charge >= 0.3 is 12.1 Å². The average molecular weight is 661 g/mol. The minimum atomic E-state index is -1.34. The third-order valence-corrected chi connectivity index (χ3v) is 7.45. The monoisotopic (exact) mass is 660 g/mol. The fourth-order valence-corrected chi connectivity index (χ4v) is 5.30. The normalized spacial score (nSPS) is 14.9. The molecule has 0 saturated heterocycles. The van der Waals surface area contributed by atoms with Gasteiger partial charge in [-0.2, -0.15) is 0 Å². The minimum absolute atomic E-state index is 0.0458. The van der Waals surface area contributed by atoms with E-state index < -0.39 is 65.3 Å². The number of fused-ring (bicyclic) bond motifs is 1. The Morgan fingerprint density at radius 3 is 2.21 bits per heavy atom. The van der Waals surface area contributed by atoms with Gasteiger partial charge in [0.25, 0.3) is 11.8 Å². The Labute approximate surface area is 277 Å². The summed E-state index contributed by atoms with van der Waals surface area (Å²) in [5.41, 5.74) is 0.523.